The van der Waals surface area contributed by atoms with Crippen molar-refractivity contribution in [3.63, 3.8) is 0 Å². The van der Waals surface area contributed by atoms with Crippen molar-refractivity contribution in [2.45, 2.75) is 40.0 Å². The molecule has 0 fully saturated rings. The average Bonchev–Trinajstić information content (AvgIpc) is 1.85. The van der Waals surface area contributed by atoms with E-state index in [2.05, 4.69) is 32.9 Å². The van der Waals surface area contributed by atoms with Gasteiger partial charge in [0.05, 0.1) is 0 Å². The van der Waals surface area contributed by atoms with Gasteiger partial charge in [0, 0.05) is 0 Å². The van der Waals surface area contributed by atoms with Gasteiger partial charge in [-0.25, -0.2) is 0 Å². The van der Waals surface area contributed by atoms with Gasteiger partial charge in [-0.2, -0.15) is 0 Å². The Morgan fingerprint density at radius 1 is 1.44 bits per heavy atom. The summed E-state index contributed by atoms with van der Waals surface area (Å²) in [5.74, 6) is 0.787. The molecule has 0 spiro atoms. The van der Waals surface area contributed by atoms with Crippen molar-refractivity contribution in [3.8, 4) is 0 Å². The maximum atomic E-state index is 2.27. The van der Waals surface area contributed by atoms with Crippen LogP contribution in [0.25, 0.3) is 0 Å². The van der Waals surface area contributed by atoms with Crippen LogP contribution < -0.4 is 0 Å². The summed E-state index contributed by atoms with van der Waals surface area (Å²) < 4.78 is 0. The van der Waals surface area contributed by atoms with Gasteiger partial charge in [-0.3, -0.25) is 0 Å². The van der Waals surface area contributed by atoms with Gasteiger partial charge in [0.2, 0.25) is 0 Å². The zero-order chi connectivity index (χ0) is 7.11. The van der Waals surface area contributed by atoms with Crippen LogP contribution in [-0.4, -0.2) is 0 Å². The maximum absolute atomic E-state index is 2.27. The van der Waals surface area contributed by atoms with E-state index < -0.39 is 0 Å². The lowest BCUT2D eigenvalue weighted by atomic mass is 10.0. The summed E-state index contributed by atoms with van der Waals surface area (Å²) >= 11 is 0. The van der Waals surface area contributed by atoms with E-state index in [0.29, 0.717) is 0 Å². The molecule has 9 heavy (non-hydrogen) atoms. The molecule has 0 bridgehead atoms. The first kappa shape index (κ1) is 8.74. The normalized spacial score (nSPS) is 14.6. The molecular weight excluding hydrogens is 108 g/mol. The molecule has 1 unspecified atom stereocenters. The van der Waals surface area contributed by atoms with Gasteiger partial charge < -0.3 is 0 Å². The van der Waals surface area contributed by atoms with Crippen molar-refractivity contribution in [3.05, 3.63) is 12.2 Å². The van der Waals surface area contributed by atoms with Gasteiger partial charge in [0.15, 0.2) is 0 Å². The molecule has 0 aromatic rings. The Bertz CT molecular complexity index is 72.1. The molecule has 0 aliphatic heterocycles. The van der Waals surface area contributed by atoms with Crippen molar-refractivity contribution < 1.29 is 0 Å². The van der Waals surface area contributed by atoms with E-state index in [1.54, 1.807) is 0 Å². The second kappa shape index (κ2) is 5.87. The van der Waals surface area contributed by atoms with Crippen LogP contribution in [0, 0.1) is 5.92 Å². The zero-order valence-electron chi connectivity index (χ0n) is 6.85. The Kier molecular flexibility index (Phi) is 5.70. The number of hydrogen-bond donors (Lipinski definition) is 0. The van der Waals surface area contributed by atoms with Crippen molar-refractivity contribution in [2.24, 2.45) is 5.92 Å². The molecule has 0 N–H and O–H groups in total. The monoisotopic (exact) mass is 126 g/mol. The molecule has 54 valence electrons. The summed E-state index contributed by atoms with van der Waals surface area (Å²) in [6.45, 7) is 6.60. The van der Waals surface area contributed by atoms with Gasteiger partial charge in [0.1, 0.15) is 0 Å². The molecule has 0 nitrogen and oxygen atoms in total. The molecule has 0 aromatic carbocycles. The lowest BCUT2D eigenvalue weighted by molar-refractivity contribution is 0.598. The summed E-state index contributed by atoms with van der Waals surface area (Å²) in [6, 6.07) is 0. The maximum Gasteiger partial charge on any atom is -0.0262 e. The number of unbranched alkanes of at least 4 members (excludes halogenated alkanes) is 1. The van der Waals surface area contributed by atoms with Crippen LogP contribution in [0.3, 0.4) is 0 Å². The Hall–Kier alpha value is -0.260. The third-order valence-corrected chi connectivity index (χ3v) is 1.53. The molecule has 0 rings (SSSR count). The van der Waals surface area contributed by atoms with Gasteiger partial charge in [-0.15, -0.1) is 0 Å². The summed E-state index contributed by atoms with van der Waals surface area (Å²) in [4.78, 5) is 0. The van der Waals surface area contributed by atoms with Gasteiger partial charge >= 0.3 is 0 Å². The highest BCUT2D eigenvalue weighted by atomic mass is 14.0. The van der Waals surface area contributed by atoms with Gasteiger partial charge in [-0.05, 0) is 19.3 Å². The zero-order valence-corrected chi connectivity index (χ0v) is 6.85. The van der Waals surface area contributed by atoms with E-state index in [-0.39, 0.29) is 0 Å². The van der Waals surface area contributed by atoms with Crippen LogP contribution in [0.5, 0.6) is 0 Å². The minimum absolute atomic E-state index is 0.787. The molecule has 0 saturated carbocycles. The highest BCUT2D eigenvalue weighted by Crippen LogP contribution is 2.07. The third kappa shape index (κ3) is 5.61. The van der Waals surface area contributed by atoms with E-state index in [9.17, 15) is 0 Å². The fourth-order valence-corrected chi connectivity index (χ4v) is 0.951. The fourth-order valence-electron chi connectivity index (χ4n) is 0.951. The standard InChI is InChI=1S/C9H18/c1-4-6-8-9(3)7-5-2/h5,7,9H,4,6,8H2,1-3H3/b7-5-. The highest BCUT2D eigenvalue weighted by molar-refractivity contribution is 4.82. The largest absolute Gasteiger partial charge is 0.0914 e. The average molecular weight is 126 g/mol. The fraction of sp³-hybridized carbons (Fsp3) is 0.778. The van der Waals surface area contributed by atoms with Gasteiger partial charge in [0.25, 0.3) is 0 Å². The smallest absolute Gasteiger partial charge is 0.0262 e. The predicted molar refractivity (Wildman–Crippen MR) is 43.5 cm³/mol. The number of rotatable bonds is 4. The van der Waals surface area contributed by atoms with Crippen LogP contribution in [0.1, 0.15) is 40.0 Å². The van der Waals surface area contributed by atoms with Crippen molar-refractivity contribution >= 4 is 0 Å². The molecule has 0 aliphatic rings. The molecule has 0 amide bonds. The second-order valence-electron chi connectivity index (χ2n) is 2.65. The molecule has 0 aromatic heterocycles. The van der Waals surface area contributed by atoms with Crippen molar-refractivity contribution in [2.75, 3.05) is 0 Å². The lowest BCUT2D eigenvalue weighted by Crippen LogP contribution is -1.87. The summed E-state index contributed by atoms with van der Waals surface area (Å²) in [7, 11) is 0. The molecule has 0 saturated heterocycles. The SMILES string of the molecule is C/C=C\C(C)CCCC. The van der Waals surface area contributed by atoms with E-state index in [0.717, 1.165) is 5.92 Å². The van der Waals surface area contributed by atoms with Crippen molar-refractivity contribution in [1.82, 2.24) is 0 Å². The van der Waals surface area contributed by atoms with E-state index in [1.807, 2.05) is 0 Å². The van der Waals surface area contributed by atoms with E-state index >= 15 is 0 Å². The summed E-state index contributed by atoms with van der Waals surface area (Å²) in [5.41, 5.74) is 0. The van der Waals surface area contributed by atoms with Crippen LogP contribution >= 0.6 is 0 Å². The topological polar surface area (TPSA) is 0 Å². The highest BCUT2D eigenvalue weighted by Gasteiger charge is 1.92. The minimum atomic E-state index is 0.787. The van der Waals surface area contributed by atoms with E-state index in [4.69, 9.17) is 0 Å². The van der Waals surface area contributed by atoms with Crippen LogP contribution in [-0.2, 0) is 0 Å². The van der Waals surface area contributed by atoms with Crippen LogP contribution in [0.2, 0.25) is 0 Å². The molecule has 1 atom stereocenters. The molecule has 0 aliphatic carbocycles. The van der Waals surface area contributed by atoms with Crippen molar-refractivity contribution in [1.29, 1.82) is 0 Å². The molecule has 0 radical (unpaired) electrons. The summed E-state index contributed by atoms with van der Waals surface area (Å²) in [6.07, 6.45) is 8.45. The Morgan fingerprint density at radius 3 is 2.56 bits per heavy atom. The van der Waals surface area contributed by atoms with Crippen LogP contribution in [0.4, 0.5) is 0 Å². The third-order valence-electron chi connectivity index (χ3n) is 1.53. The predicted octanol–water partition coefficient (Wildman–Crippen LogP) is 3.39. The minimum Gasteiger partial charge on any atom is -0.0914 e. The lowest BCUT2D eigenvalue weighted by Gasteiger charge is -2.02. The number of hydrogen-bond acceptors (Lipinski definition) is 0. The first-order chi connectivity index (χ1) is 4.31. The van der Waals surface area contributed by atoms with E-state index in [1.165, 1.54) is 19.3 Å². The summed E-state index contributed by atoms with van der Waals surface area (Å²) in [5, 5.41) is 0. The molecule has 0 heteroatoms. The molecule has 0 heterocycles. The Balaban J connectivity index is 3.15. The van der Waals surface area contributed by atoms with Crippen LogP contribution in [0.15, 0.2) is 12.2 Å². The Labute approximate surface area is 59.0 Å². The second-order valence-corrected chi connectivity index (χ2v) is 2.65. The number of allylic oxidation sites excluding steroid dienone is 2. The molecular formula is C9H18. The first-order valence-electron chi connectivity index (χ1n) is 3.94. The van der Waals surface area contributed by atoms with Gasteiger partial charge in [-0.1, -0.05) is 38.8 Å². The quantitative estimate of drug-likeness (QED) is 0.506. The first-order valence-corrected chi connectivity index (χ1v) is 3.94. The Morgan fingerprint density at radius 2 is 2.11 bits per heavy atom.